The molecule has 96 valence electrons. The first-order valence-electron chi connectivity index (χ1n) is 5.75. The number of aromatic nitrogens is 2. The Morgan fingerprint density at radius 2 is 1.89 bits per heavy atom. The molecule has 0 saturated heterocycles. The van der Waals surface area contributed by atoms with E-state index in [9.17, 15) is 4.39 Å². The van der Waals surface area contributed by atoms with E-state index in [0.717, 1.165) is 11.1 Å². The molecular weight excluding hydrogens is 267 g/mol. The number of hydrogen-bond acceptors (Lipinski definition) is 3. The Kier molecular flexibility index (Phi) is 2.75. The molecule has 3 nitrogen and oxygen atoms in total. The van der Waals surface area contributed by atoms with Crippen molar-refractivity contribution in [2.45, 2.75) is 13.8 Å². The van der Waals surface area contributed by atoms with Crippen molar-refractivity contribution < 1.29 is 8.81 Å². The number of fused-ring (bicyclic) bond motifs is 1. The average Bonchev–Trinajstić information content (AvgIpc) is 2.78. The molecule has 0 radical (unpaired) electrons. The van der Waals surface area contributed by atoms with Gasteiger partial charge in [0, 0.05) is 5.39 Å². The standard InChI is InChI=1S/C14H10ClFN2O/c1-7-8(2)14(15)18-17-13(7)12-6-9-5-10(16)3-4-11(9)19-12/h3-6H,1-2H3. The Balaban J connectivity index is 2.22. The van der Waals surface area contributed by atoms with E-state index in [-0.39, 0.29) is 5.82 Å². The van der Waals surface area contributed by atoms with E-state index in [4.69, 9.17) is 16.0 Å². The maximum Gasteiger partial charge on any atom is 0.155 e. The number of nitrogens with zero attached hydrogens (tertiary/aromatic N) is 2. The highest BCUT2D eigenvalue weighted by molar-refractivity contribution is 6.30. The molecule has 0 amide bonds. The van der Waals surface area contributed by atoms with Crippen molar-refractivity contribution in [2.24, 2.45) is 0 Å². The Morgan fingerprint density at radius 1 is 1.11 bits per heavy atom. The second-order valence-electron chi connectivity index (χ2n) is 4.38. The predicted molar refractivity (Wildman–Crippen MR) is 71.7 cm³/mol. The highest BCUT2D eigenvalue weighted by atomic mass is 35.5. The van der Waals surface area contributed by atoms with Crippen LogP contribution in [0.25, 0.3) is 22.4 Å². The number of benzene rings is 1. The summed E-state index contributed by atoms with van der Waals surface area (Å²) in [4.78, 5) is 0. The topological polar surface area (TPSA) is 38.9 Å². The van der Waals surface area contributed by atoms with E-state index < -0.39 is 0 Å². The zero-order chi connectivity index (χ0) is 13.6. The van der Waals surface area contributed by atoms with Crippen LogP contribution >= 0.6 is 11.6 Å². The van der Waals surface area contributed by atoms with Gasteiger partial charge in [-0.3, -0.25) is 0 Å². The molecule has 0 unspecified atom stereocenters. The van der Waals surface area contributed by atoms with Crippen LogP contribution in [0.5, 0.6) is 0 Å². The van der Waals surface area contributed by atoms with Crippen LogP contribution in [0.2, 0.25) is 5.15 Å². The maximum absolute atomic E-state index is 13.2. The lowest BCUT2D eigenvalue weighted by atomic mass is 10.1. The largest absolute Gasteiger partial charge is 0.454 e. The van der Waals surface area contributed by atoms with E-state index in [0.29, 0.717) is 27.6 Å². The lowest BCUT2D eigenvalue weighted by Crippen LogP contribution is -1.95. The van der Waals surface area contributed by atoms with Crippen LogP contribution in [-0.4, -0.2) is 10.2 Å². The van der Waals surface area contributed by atoms with Gasteiger partial charge < -0.3 is 4.42 Å². The van der Waals surface area contributed by atoms with Crippen molar-refractivity contribution in [1.29, 1.82) is 0 Å². The molecule has 1 aromatic carbocycles. The van der Waals surface area contributed by atoms with Gasteiger partial charge in [-0.1, -0.05) is 11.6 Å². The van der Waals surface area contributed by atoms with E-state index >= 15 is 0 Å². The van der Waals surface area contributed by atoms with E-state index in [1.165, 1.54) is 12.1 Å². The second-order valence-corrected chi connectivity index (χ2v) is 4.74. The summed E-state index contributed by atoms with van der Waals surface area (Å²) in [7, 11) is 0. The van der Waals surface area contributed by atoms with Gasteiger partial charge in [-0.2, -0.15) is 0 Å². The van der Waals surface area contributed by atoms with Gasteiger partial charge in [-0.05, 0) is 49.2 Å². The Labute approximate surface area is 114 Å². The summed E-state index contributed by atoms with van der Waals surface area (Å²) >= 11 is 5.92. The Hall–Kier alpha value is -1.94. The molecule has 5 heteroatoms. The van der Waals surface area contributed by atoms with Gasteiger partial charge in [-0.15, -0.1) is 10.2 Å². The van der Waals surface area contributed by atoms with Gasteiger partial charge in [0.2, 0.25) is 0 Å². The van der Waals surface area contributed by atoms with Crippen molar-refractivity contribution >= 4 is 22.6 Å². The quantitative estimate of drug-likeness (QED) is 0.665. The van der Waals surface area contributed by atoms with E-state index in [2.05, 4.69) is 10.2 Å². The fourth-order valence-electron chi connectivity index (χ4n) is 1.94. The van der Waals surface area contributed by atoms with E-state index in [1.54, 1.807) is 12.1 Å². The minimum Gasteiger partial charge on any atom is -0.454 e. The summed E-state index contributed by atoms with van der Waals surface area (Å²) in [5.41, 5.74) is 3.00. The molecule has 0 aliphatic rings. The minimum atomic E-state index is -0.296. The molecule has 19 heavy (non-hydrogen) atoms. The highest BCUT2D eigenvalue weighted by Gasteiger charge is 2.14. The molecule has 0 aliphatic heterocycles. The van der Waals surface area contributed by atoms with Crippen LogP contribution in [0.3, 0.4) is 0 Å². The number of rotatable bonds is 1. The number of furan rings is 1. The molecule has 2 aromatic heterocycles. The van der Waals surface area contributed by atoms with Crippen molar-refractivity contribution in [3.8, 4) is 11.5 Å². The van der Waals surface area contributed by atoms with Crippen LogP contribution in [0.1, 0.15) is 11.1 Å². The third-order valence-corrected chi connectivity index (χ3v) is 3.54. The van der Waals surface area contributed by atoms with Gasteiger partial charge in [-0.25, -0.2) is 4.39 Å². The van der Waals surface area contributed by atoms with Crippen LogP contribution < -0.4 is 0 Å². The van der Waals surface area contributed by atoms with Crippen molar-refractivity contribution in [2.75, 3.05) is 0 Å². The third kappa shape index (κ3) is 1.98. The molecule has 3 rings (SSSR count). The van der Waals surface area contributed by atoms with Crippen LogP contribution in [0.4, 0.5) is 4.39 Å². The van der Waals surface area contributed by atoms with E-state index in [1.807, 2.05) is 13.8 Å². The fourth-order valence-corrected chi connectivity index (χ4v) is 2.12. The molecule has 3 aromatic rings. The molecular formula is C14H10ClFN2O. The zero-order valence-corrected chi connectivity index (χ0v) is 11.1. The third-order valence-electron chi connectivity index (χ3n) is 3.18. The van der Waals surface area contributed by atoms with Crippen LogP contribution in [0, 0.1) is 19.7 Å². The molecule has 0 atom stereocenters. The number of halogens is 2. The minimum absolute atomic E-state index is 0.296. The van der Waals surface area contributed by atoms with Gasteiger partial charge >= 0.3 is 0 Å². The lowest BCUT2D eigenvalue weighted by molar-refractivity contribution is 0.616. The molecule has 0 bridgehead atoms. The monoisotopic (exact) mass is 276 g/mol. The first-order chi connectivity index (χ1) is 9.06. The van der Waals surface area contributed by atoms with Crippen LogP contribution in [0.15, 0.2) is 28.7 Å². The zero-order valence-electron chi connectivity index (χ0n) is 10.4. The van der Waals surface area contributed by atoms with Crippen molar-refractivity contribution in [3.05, 3.63) is 46.4 Å². The first kappa shape index (κ1) is 12.1. The molecule has 0 spiro atoms. The Bertz CT molecular complexity index is 782. The summed E-state index contributed by atoms with van der Waals surface area (Å²) in [6.45, 7) is 3.77. The van der Waals surface area contributed by atoms with Gasteiger partial charge in [0.15, 0.2) is 10.9 Å². The lowest BCUT2D eigenvalue weighted by Gasteiger charge is -2.04. The first-order valence-corrected chi connectivity index (χ1v) is 6.13. The molecule has 0 saturated carbocycles. The van der Waals surface area contributed by atoms with Gasteiger partial charge in [0.05, 0.1) is 0 Å². The summed E-state index contributed by atoms with van der Waals surface area (Å²) in [5, 5.41) is 9.02. The summed E-state index contributed by atoms with van der Waals surface area (Å²) in [6, 6.07) is 6.14. The van der Waals surface area contributed by atoms with Crippen molar-refractivity contribution in [1.82, 2.24) is 10.2 Å². The maximum atomic E-state index is 13.2. The summed E-state index contributed by atoms with van der Waals surface area (Å²) in [5.74, 6) is 0.264. The predicted octanol–water partition coefficient (Wildman–Crippen LogP) is 4.30. The molecule has 0 fully saturated rings. The SMILES string of the molecule is Cc1c(Cl)nnc(-c2cc3cc(F)ccc3o2)c1C. The molecule has 2 heterocycles. The van der Waals surface area contributed by atoms with Gasteiger partial charge in [0.25, 0.3) is 0 Å². The smallest absolute Gasteiger partial charge is 0.155 e. The highest BCUT2D eigenvalue weighted by Crippen LogP contribution is 2.30. The second kappa shape index (κ2) is 4.31. The molecule has 0 N–H and O–H groups in total. The van der Waals surface area contributed by atoms with Gasteiger partial charge in [0.1, 0.15) is 17.1 Å². The molecule has 0 aliphatic carbocycles. The van der Waals surface area contributed by atoms with Crippen LogP contribution in [-0.2, 0) is 0 Å². The normalized spacial score (nSPS) is 11.2. The number of hydrogen-bond donors (Lipinski definition) is 0. The Morgan fingerprint density at radius 3 is 2.68 bits per heavy atom. The average molecular weight is 277 g/mol. The van der Waals surface area contributed by atoms with Crippen molar-refractivity contribution in [3.63, 3.8) is 0 Å². The summed E-state index contributed by atoms with van der Waals surface area (Å²) in [6.07, 6.45) is 0. The summed E-state index contributed by atoms with van der Waals surface area (Å²) < 4.78 is 18.8. The fraction of sp³-hybridized carbons (Fsp3) is 0.143.